The largest absolute Gasteiger partial charge is 0.352 e. The van der Waals surface area contributed by atoms with Crippen LogP contribution in [0.1, 0.15) is 6.92 Å². The minimum Gasteiger partial charge on any atom is -0.352 e. The van der Waals surface area contributed by atoms with E-state index in [1.165, 1.54) is 6.21 Å². The highest BCUT2D eigenvalue weighted by atomic mass is 16.2. The number of nitrogens with zero attached hydrogens (tertiary/aromatic N) is 1. The number of hydrogen-bond acceptors (Lipinski definition) is 2. The van der Waals surface area contributed by atoms with Gasteiger partial charge >= 0.3 is 12.1 Å². The first kappa shape index (κ1) is 11.2. The van der Waals surface area contributed by atoms with E-state index >= 15 is 0 Å². The van der Waals surface area contributed by atoms with Crippen LogP contribution in [0, 0.1) is 0 Å². The molecule has 0 rings (SSSR count). The predicted octanol–water partition coefficient (Wildman–Crippen LogP) is -0.820. The topological polar surface area (TPSA) is 125 Å². The van der Waals surface area contributed by atoms with Crippen LogP contribution in [0.4, 0.5) is 9.59 Å². The number of carbonyl (C=O) groups excluding carboxylic acids is 2. The highest BCUT2D eigenvalue weighted by Crippen LogP contribution is 1.59. The predicted molar refractivity (Wildman–Crippen MR) is 37.5 cm³/mol. The Bertz CT molecular complexity index is 138. The van der Waals surface area contributed by atoms with Crippen molar-refractivity contribution in [1.29, 1.82) is 0 Å². The molecule has 0 fully saturated rings. The van der Waals surface area contributed by atoms with E-state index in [1.807, 2.05) is 0 Å². The van der Waals surface area contributed by atoms with E-state index in [0.29, 0.717) is 0 Å². The summed E-state index contributed by atoms with van der Waals surface area (Å²) in [7, 11) is 0. The van der Waals surface area contributed by atoms with Gasteiger partial charge in [-0.25, -0.2) is 14.6 Å². The molecular weight excluding hydrogens is 136 g/mol. The molecule has 58 valence electrons. The van der Waals surface area contributed by atoms with E-state index < -0.39 is 12.1 Å². The summed E-state index contributed by atoms with van der Waals surface area (Å²) < 4.78 is 0. The summed E-state index contributed by atoms with van der Waals surface area (Å²) in [5.41, 5.74) is 13.1. The molecule has 0 aromatic rings. The molecule has 0 aliphatic carbocycles. The Morgan fingerprint density at radius 2 is 1.60 bits per heavy atom. The molecule has 0 atom stereocenters. The standard InChI is InChI=1S/C3H6N2O.CH4N2O/c1-2-5-3(4)6;2-1(3)4/h2H,1H3,(H2,4,6);(H4,2,3,4). The first-order chi connectivity index (χ1) is 4.50. The Morgan fingerprint density at radius 3 is 1.60 bits per heavy atom. The van der Waals surface area contributed by atoms with Crippen LogP contribution in [0.5, 0.6) is 0 Å². The fraction of sp³-hybridized carbons (Fsp3) is 0.250. The fourth-order valence-electron chi connectivity index (χ4n) is 0.127. The van der Waals surface area contributed by atoms with Crippen molar-refractivity contribution in [3.8, 4) is 0 Å². The van der Waals surface area contributed by atoms with Crippen molar-refractivity contribution in [2.75, 3.05) is 0 Å². The van der Waals surface area contributed by atoms with Crippen molar-refractivity contribution >= 4 is 18.3 Å². The summed E-state index contributed by atoms with van der Waals surface area (Å²) >= 11 is 0. The minimum absolute atomic E-state index is 0.641. The molecule has 0 heterocycles. The highest BCUT2D eigenvalue weighted by molar-refractivity contribution is 5.81. The van der Waals surface area contributed by atoms with Gasteiger partial charge in [0.2, 0.25) is 0 Å². The van der Waals surface area contributed by atoms with Crippen LogP contribution in [0.15, 0.2) is 4.99 Å². The van der Waals surface area contributed by atoms with Crippen LogP contribution in [-0.4, -0.2) is 18.3 Å². The number of urea groups is 2. The number of hydrogen-bond donors (Lipinski definition) is 3. The molecule has 6 heteroatoms. The van der Waals surface area contributed by atoms with E-state index in [4.69, 9.17) is 4.79 Å². The summed E-state index contributed by atoms with van der Waals surface area (Å²) in [5.74, 6) is 0. The minimum atomic E-state index is -0.833. The maximum Gasteiger partial charge on any atom is 0.337 e. The number of rotatable bonds is 0. The average molecular weight is 146 g/mol. The molecule has 6 nitrogen and oxygen atoms in total. The lowest BCUT2D eigenvalue weighted by Gasteiger charge is -1.70. The second-order valence-electron chi connectivity index (χ2n) is 1.13. The van der Waals surface area contributed by atoms with Crippen LogP contribution in [0.2, 0.25) is 0 Å². The highest BCUT2D eigenvalue weighted by Gasteiger charge is 1.74. The average Bonchev–Trinajstić information content (AvgIpc) is 1.62. The number of primary amides is 3. The van der Waals surface area contributed by atoms with E-state index in [1.54, 1.807) is 6.92 Å². The molecule has 0 radical (unpaired) electrons. The van der Waals surface area contributed by atoms with Crippen LogP contribution in [0.25, 0.3) is 0 Å². The third-order valence-corrected chi connectivity index (χ3v) is 0.256. The molecule has 0 saturated heterocycles. The van der Waals surface area contributed by atoms with Crippen molar-refractivity contribution in [2.24, 2.45) is 22.2 Å². The monoisotopic (exact) mass is 146 g/mol. The number of carbonyl (C=O) groups is 2. The summed E-state index contributed by atoms with van der Waals surface area (Å²) in [6, 6.07) is -1.47. The summed E-state index contributed by atoms with van der Waals surface area (Å²) in [4.78, 5) is 21.8. The van der Waals surface area contributed by atoms with Crippen molar-refractivity contribution < 1.29 is 9.59 Å². The maximum absolute atomic E-state index is 9.62. The van der Waals surface area contributed by atoms with Crippen LogP contribution in [-0.2, 0) is 0 Å². The lowest BCUT2D eigenvalue weighted by molar-refractivity contribution is 0.255. The van der Waals surface area contributed by atoms with Gasteiger partial charge in [0.05, 0.1) is 0 Å². The van der Waals surface area contributed by atoms with Crippen LogP contribution < -0.4 is 17.2 Å². The smallest absolute Gasteiger partial charge is 0.337 e. The van der Waals surface area contributed by atoms with E-state index in [2.05, 4.69) is 22.2 Å². The van der Waals surface area contributed by atoms with Crippen molar-refractivity contribution in [1.82, 2.24) is 0 Å². The Hall–Kier alpha value is -1.59. The van der Waals surface area contributed by atoms with Gasteiger partial charge in [-0.3, -0.25) is 0 Å². The number of nitrogens with two attached hydrogens (primary N) is 3. The Labute approximate surface area is 58.1 Å². The van der Waals surface area contributed by atoms with Crippen LogP contribution >= 0.6 is 0 Å². The quantitative estimate of drug-likeness (QED) is 0.386. The van der Waals surface area contributed by atoms with Gasteiger partial charge in [0, 0.05) is 6.21 Å². The summed E-state index contributed by atoms with van der Waals surface area (Å²) in [5, 5.41) is 0. The first-order valence-electron chi connectivity index (χ1n) is 2.33. The first-order valence-corrected chi connectivity index (χ1v) is 2.33. The third-order valence-electron chi connectivity index (χ3n) is 0.256. The molecule has 0 aliphatic heterocycles. The maximum atomic E-state index is 9.62. The number of aliphatic imine (C=N–C) groups is 1. The zero-order valence-electron chi connectivity index (χ0n) is 5.57. The lowest BCUT2D eigenvalue weighted by Crippen LogP contribution is -2.18. The molecule has 10 heavy (non-hydrogen) atoms. The van der Waals surface area contributed by atoms with E-state index in [-0.39, 0.29) is 0 Å². The zero-order valence-corrected chi connectivity index (χ0v) is 5.57. The second-order valence-corrected chi connectivity index (χ2v) is 1.13. The molecule has 0 aromatic heterocycles. The van der Waals surface area contributed by atoms with Crippen molar-refractivity contribution in [3.63, 3.8) is 0 Å². The molecule has 4 amide bonds. The third kappa shape index (κ3) is 94.4. The molecule has 0 saturated carbocycles. The summed E-state index contributed by atoms with van der Waals surface area (Å²) in [6.07, 6.45) is 1.35. The van der Waals surface area contributed by atoms with E-state index in [0.717, 1.165) is 0 Å². The second kappa shape index (κ2) is 7.41. The van der Waals surface area contributed by atoms with Gasteiger partial charge in [0.1, 0.15) is 0 Å². The van der Waals surface area contributed by atoms with Crippen molar-refractivity contribution in [2.45, 2.75) is 6.92 Å². The van der Waals surface area contributed by atoms with Gasteiger partial charge in [-0.2, -0.15) is 0 Å². The molecule has 0 spiro atoms. The van der Waals surface area contributed by atoms with E-state index in [9.17, 15) is 4.79 Å². The SMILES string of the molecule is CC=NC(N)=O.NC(N)=O. The summed E-state index contributed by atoms with van der Waals surface area (Å²) in [6.45, 7) is 1.63. The van der Waals surface area contributed by atoms with Gasteiger partial charge in [-0.15, -0.1) is 0 Å². The van der Waals surface area contributed by atoms with Gasteiger partial charge in [0.25, 0.3) is 0 Å². The van der Waals surface area contributed by atoms with Gasteiger partial charge in [-0.1, -0.05) is 0 Å². The lowest BCUT2D eigenvalue weighted by atomic mass is 10.9. The van der Waals surface area contributed by atoms with Gasteiger partial charge < -0.3 is 17.2 Å². The molecule has 0 aliphatic rings. The van der Waals surface area contributed by atoms with Gasteiger partial charge in [0.15, 0.2) is 0 Å². The molecule has 6 N–H and O–H groups in total. The molecular formula is C4H10N4O2. The molecule has 0 aromatic carbocycles. The van der Waals surface area contributed by atoms with Crippen molar-refractivity contribution in [3.05, 3.63) is 0 Å². The van der Waals surface area contributed by atoms with Crippen LogP contribution in [0.3, 0.4) is 0 Å². The number of amides is 4. The Morgan fingerprint density at radius 1 is 1.30 bits per heavy atom. The molecule has 0 bridgehead atoms. The Kier molecular flexibility index (Phi) is 8.33. The molecule has 0 unspecified atom stereocenters. The Balaban J connectivity index is 0. The van der Waals surface area contributed by atoms with Gasteiger partial charge in [-0.05, 0) is 6.92 Å². The fourth-order valence-corrected chi connectivity index (χ4v) is 0.127. The zero-order chi connectivity index (χ0) is 8.57. The normalized spacial score (nSPS) is 8.10.